The van der Waals surface area contributed by atoms with Gasteiger partial charge in [0.1, 0.15) is 5.70 Å². The number of rotatable bonds is 9. The summed E-state index contributed by atoms with van der Waals surface area (Å²) >= 11 is 6.31. The molecule has 188 valence electrons. The van der Waals surface area contributed by atoms with Gasteiger partial charge in [0.05, 0.1) is 29.7 Å². The Balaban J connectivity index is 2.21. The van der Waals surface area contributed by atoms with Crippen LogP contribution < -0.4 is 21.9 Å². The number of hydrogen-bond acceptors (Lipinski definition) is 5. The number of methoxy groups -OCH3 is 1. The van der Waals surface area contributed by atoms with Gasteiger partial charge in [0.25, 0.3) is 5.91 Å². The molecule has 1 saturated heterocycles. The predicted octanol–water partition coefficient (Wildman–Crippen LogP) is 2.00. The molecule has 9 nitrogen and oxygen atoms in total. The summed E-state index contributed by atoms with van der Waals surface area (Å²) < 4.78 is 34.4. The fourth-order valence-electron chi connectivity index (χ4n) is 3.57. The maximum absolute atomic E-state index is 14.5. The van der Waals surface area contributed by atoms with Crippen LogP contribution in [0.3, 0.4) is 0 Å². The normalized spacial score (nSPS) is 15.9. The van der Waals surface area contributed by atoms with Crippen LogP contribution in [0.15, 0.2) is 41.6 Å². The number of piperidine rings is 1. The molecule has 1 aliphatic heterocycles. The maximum Gasteiger partial charge on any atom is 0.256 e. The van der Waals surface area contributed by atoms with E-state index in [-0.39, 0.29) is 45.8 Å². The molecule has 2 amide bonds. The molecule has 1 aromatic carbocycles. The van der Waals surface area contributed by atoms with Gasteiger partial charge in [0, 0.05) is 25.2 Å². The molecular weight excluding hydrogens is 482 g/mol. The molecule has 0 radical (unpaired) electrons. The van der Waals surface area contributed by atoms with Crippen molar-refractivity contribution in [3.63, 3.8) is 0 Å². The van der Waals surface area contributed by atoms with Crippen molar-refractivity contribution < 1.29 is 27.7 Å². The number of amides is 2. The number of carbonyl (C=O) groups is 2. The largest absolute Gasteiger partial charge is 0.494 e. The van der Waals surface area contributed by atoms with E-state index in [1.54, 1.807) is 0 Å². The van der Waals surface area contributed by atoms with E-state index in [1.165, 1.54) is 30.2 Å². The van der Waals surface area contributed by atoms with Gasteiger partial charge in [-0.3, -0.25) is 9.59 Å². The van der Waals surface area contributed by atoms with Crippen LogP contribution in [0.1, 0.15) is 24.8 Å². The lowest BCUT2D eigenvalue weighted by molar-refractivity contribution is -0.288. The van der Waals surface area contributed by atoms with Crippen molar-refractivity contribution in [3.8, 4) is 5.75 Å². The first-order valence-corrected chi connectivity index (χ1v) is 10.9. The quantitative estimate of drug-likeness (QED) is 0.132. The van der Waals surface area contributed by atoms with Gasteiger partial charge >= 0.3 is 0 Å². The maximum atomic E-state index is 14.5. The standard InChI is InChI=1S/C23H27ClF2N6O3/c1-13(15-3-5-18(35-2)21(26)20(15)25)32(12-28)19(29)6-4-17(24)16(11-27)23(34)31-9-7-14(8-10-31)22(30)33/h3-5,11-12,14,28-29H,1,6-10H2,2H3,(H4,27,30,33,34)/p+1/b17-4+,28-12?. The molecule has 1 aliphatic rings. The van der Waals surface area contributed by atoms with Crippen LogP contribution in [-0.2, 0) is 9.59 Å². The van der Waals surface area contributed by atoms with Gasteiger partial charge in [0.15, 0.2) is 11.6 Å². The molecule has 12 heteroatoms. The number of nitrogens with two attached hydrogens (primary N) is 3. The minimum absolute atomic E-state index is 0.00451. The van der Waals surface area contributed by atoms with Gasteiger partial charge in [-0.15, -0.1) is 0 Å². The number of hydrogen-bond donors (Lipinski definition) is 4. The van der Waals surface area contributed by atoms with Gasteiger partial charge < -0.3 is 26.8 Å². The zero-order chi connectivity index (χ0) is 26.3. The minimum Gasteiger partial charge on any atom is -0.494 e. The zero-order valence-electron chi connectivity index (χ0n) is 19.2. The van der Waals surface area contributed by atoms with Gasteiger partial charge in [-0.05, 0) is 25.0 Å². The summed E-state index contributed by atoms with van der Waals surface area (Å²) in [5.74, 6) is -3.78. The van der Waals surface area contributed by atoms with Crippen molar-refractivity contribution in [2.24, 2.45) is 23.1 Å². The molecule has 2 rings (SSSR count). The first-order chi connectivity index (χ1) is 16.6. The summed E-state index contributed by atoms with van der Waals surface area (Å²) in [6, 6.07) is 2.48. The molecule has 7 N–H and O–H groups in total. The van der Waals surface area contributed by atoms with Crippen molar-refractivity contribution in [2.45, 2.75) is 19.3 Å². The van der Waals surface area contributed by atoms with Crippen LogP contribution >= 0.6 is 11.6 Å². The SMILES string of the molecule is C=C(c1ccc(OC)c(F)c1F)[N+](C=N)=C(N)C/C=C(Cl)\C(=C/N)C(=O)N1CCC(C(N)=O)CC1. The average molecular weight is 510 g/mol. The number of primary amides is 1. The Hall–Kier alpha value is -3.73. The number of nitrogens with one attached hydrogen (secondary N) is 1. The fraction of sp³-hybridized carbons (Fsp3) is 0.304. The molecule has 0 saturated carbocycles. The molecule has 35 heavy (non-hydrogen) atoms. The highest BCUT2D eigenvalue weighted by Crippen LogP contribution is 2.27. The lowest BCUT2D eigenvalue weighted by Gasteiger charge is -2.31. The minimum atomic E-state index is -1.21. The van der Waals surface area contributed by atoms with Crippen molar-refractivity contribution in [3.05, 3.63) is 58.8 Å². The summed E-state index contributed by atoms with van der Waals surface area (Å²) in [6.07, 6.45) is 4.08. The number of amidine groups is 1. The second-order valence-electron chi connectivity index (χ2n) is 7.69. The third-order valence-electron chi connectivity index (χ3n) is 5.64. The van der Waals surface area contributed by atoms with Gasteiger partial charge in [-0.2, -0.15) is 9.80 Å². The van der Waals surface area contributed by atoms with Crippen molar-refractivity contribution in [1.82, 2.24) is 4.90 Å². The lowest BCUT2D eigenvalue weighted by Crippen LogP contribution is -2.42. The van der Waals surface area contributed by atoms with E-state index in [1.807, 2.05) is 0 Å². The highest BCUT2D eigenvalue weighted by Gasteiger charge is 2.28. The highest BCUT2D eigenvalue weighted by molar-refractivity contribution is 6.35. The summed E-state index contributed by atoms with van der Waals surface area (Å²) in [6.45, 7) is 4.36. The molecule has 0 spiro atoms. The number of ether oxygens (including phenoxy) is 1. The molecule has 0 bridgehead atoms. The molecule has 1 aromatic rings. The summed E-state index contributed by atoms with van der Waals surface area (Å²) in [7, 11) is 1.20. The van der Waals surface area contributed by atoms with E-state index in [9.17, 15) is 18.4 Å². The molecule has 1 fully saturated rings. The monoisotopic (exact) mass is 509 g/mol. The summed E-state index contributed by atoms with van der Waals surface area (Å²) in [5, 5.41) is 7.66. The van der Waals surface area contributed by atoms with Crippen LogP contribution in [0.25, 0.3) is 5.70 Å². The number of nitrogens with zero attached hydrogens (tertiary/aromatic N) is 2. The zero-order valence-corrected chi connectivity index (χ0v) is 19.9. The second kappa shape index (κ2) is 12.1. The Morgan fingerprint density at radius 2 is 1.91 bits per heavy atom. The predicted molar refractivity (Wildman–Crippen MR) is 130 cm³/mol. The number of halogens is 3. The Labute approximate surface area is 206 Å². The molecular formula is C23H28ClF2N6O3+. The third-order valence-corrected chi connectivity index (χ3v) is 5.99. The molecule has 0 aromatic heterocycles. The number of likely N-dealkylation sites (tertiary alicyclic amines) is 1. The number of carbonyl (C=O) groups excluding carboxylic acids is 2. The van der Waals surface area contributed by atoms with Gasteiger partial charge in [0.2, 0.25) is 23.9 Å². The van der Waals surface area contributed by atoms with Crippen LogP contribution in [0.5, 0.6) is 5.75 Å². The van der Waals surface area contributed by atoms with E-state index in [4.69, 9.17) is 38.9 Å². The Morgan fingerprint density at radius 3 is 2.43 bits per heavy atom. The van der Waals surface area contributed by atoms with Crippen LogP contribution in [-0.4, -0.2) is 53.7 Å². The lowest BCUT2D eigenvalue weighted by atomic mass is 9.96. The molecule has 0 aliphatic carbocycles. The first-order valence-electron chi connectivity index (χ1n) is 10.6. The second-order valence-corrected chi connectivity index (χ2v) is 8.09. The summed E-state index contributed by atoms with van der Waals surface area (Å²) in [5.41, 5.74) is 16.7. The van der Waals surface area contributed by atoms with E-state index < -0.39 is 23.4 Å². The van der Waals surface area contributed by atoms with Crippen molar-refractivity contribution in [1.29, 1.82) is 5.41 Å². The molecule has 0 atom stereocenters. The van der Waals surface area contributed by atoms with Crippen LogP contribution in [0, 0.1) is 23.0 Å². The Kier molecular flexibility index (Phi) is 9.52. The van der Waals surface area contributed by atoms with Gasteiger partial charge in [-0.1, -0.05) is 24.3 Å². The van der Waals surface area contributed by atoms with Crippen LogP contribution in [0.4, 0.5) is 8.78 Å². The summed E-state index contributed by atoms with van der Waals surface area (Å²) in [4.78, 5) is 25.7. The third kappa shape index (κ3) is 6.24. The van der Waals surface area contributed by atoms with E-state index in [2.05, 4.69) is 6.58 Å². The highest BCUT2D eigenvalue weighted by atomic mass is 35.5. The first kappa shape index (κ1) is 27.5. The average Bonchev–Trinajstić information content (AvgIpc) is 2.85. The number of benzene rings is 1. The van der Waals surface area contributed by atoms with Crippen molar-refractivity contribution in [2.75, 3.05) is 20.2 Å². The van der Waals surface area contributed by atoms with Crippen LogP contribution in [0.2, 0.25) is 0 Å². The van der Waals surface area contributed by atoms with Crippen molar-refractivity contribution >= 4 is 41.3 Å². The van der Waals surface area contributed by atoms with Gasteiger partial charge in [-0.25, -0.2) is 8.97 Å². The molecule has 1 heterocycles. The van der Waals surface area contributed by atoms with E-state index >= 15 is 0 Å². The smallest absolute Gasteiger partial charge is 0.256 e. The van der Waals surface area contributed by atoms with E-state index in [0.717, 1.165) is 17.1 Å². The topological polar surface area (TPSA) is 152 Å². The fourth-order valence-corrected chi connectivity index (χ4v) is 3.79. The Morgan fingerprint density at radius 1 is 1.29 bits per heavy atom. The van der Waals surface area contributed by atoms with E-state index in [0.29, 0.717) is 25.9 Å². The molecule has 0 unspecified atom stereocenters. The Bertz CT molecular complexity index is 1120.